The monoisotopic (exact) mass is 374 g/mol. The van der Waals surface area contributed by atoms with E-state index in [1.54, 1.807) is 5.56 Å². The number of aryl methyl sites for hydroxylation is 2. The maximum atomic E-state index is 2.56. The molecule has 0 spiro atoms. The lowest BCUT2D eigenvalue weighted by molar-refractivity contribution is -0.665. The van der Waals surface area contributed by atoms with Crippen LogP contribution >= 0.6 is 0 Å². The molecule has 27 heavy (non-hydrogen) atoms. The molecular weight excluding hydrogens is 342 g/mol. The highest BCUT2D eigenvalue weighted by atomic mass is 28.3. The molecule has 1 saturated heterocycles. The van der Waals surface area contributed by atoms with Crippen LogP contribution in [0.1, 0.15) is 35.6 Å². The highest BCUT2D eigenvalue weighted by molar-refractivity contribution is 6.77. The highest BCUT2D eigenvalue weighted by Gasteiger charge is 2.29. The zero-order valence-corrected chi connectivity index (χ0v) is 18.5. The first-order chi connectivity index (χ1) is 12.9. The van der Waals surface area contributed by atoms with Crippen LogP contribution in [0.25, 0.3) is 22.0 Å². The van der Waals surface area contributed by atoms with E-state index < -0.39 is 8.07 Å². The summed E-state index contributed by atoms with van der Waals surface area (Å²) in [5.41, 5.74) is 6.88. The summed E-state index contributed by atoms with van der Waals surface area (Å²) in [4.78, 5) is 0. The Labute approximate surface area is 165 Å². The van der Waals surface area contributed by atoms with Crippen LogP contribution in [0.5, 0.6) is 0 Å². The quantitative estimate of drug-likeness (QED) is 0.354. The van der Waals surface area contributed by atoms with Gasteiger partial charge in [0, 0.05) is 26.6 Å². The number of pyridine rings is 1. The van der Waals surface area contributed by atoms with E-state index in [1.165, 1.54) is 58.2 Å². The molecule has 1 aliphatic rings. The maximum Gasteiger partial charge on any atom is 0.220 e. The molecule has 0 saturated carbocycles. The van der Waals surface area contributed by atoms with Gasteiger partial charge < -0.3 is 0 Å². The minimum Gasteiger partial charge on any atom is -0.198 e. The number of benzene rings is 2. The molecule has 0 bridgehead atoms. The van der Waals surface area contributed by atoms with Crippen molar-refractivity contribution in [1.82, 2.24) is 0 Å². The molecule has 1 nitrogen and oxygen atoms in total. The lowest BCUT2D eigenvalue weighted by atomic mass is 9.90. The summed E-state index contributed by atoms with van der Waals surface area (Å²) in [7, 11) is 1.29. The van der Waals surface area contributed by atoms with Crippen molar-refractivity contribution in [3.05, 3.63) is 65.4 Å². The van der Waals surface area contributed by atoms with Crippen LogP contribution in [0.4, 0.5) is 0 Å². The average Bonchev–Trinajstić information content (AvgIpc) is 2.63. The van der Waals surface area contributed by atoms with E-state index in [4.69, 9.17) is 0 Å². The first-order valence-electron chi connectivity index (χ1n) is 10.3. The minimum atomic E-state index is -0.898. The number of hydrogen-bond donors (Lipinski definition) is 0. The number of aromatic nitrogens is 1. The Bertz CT molecular complexity index is 993. The molecule has 0 unspecified atom stereocenters. The molecule has 4 rings (SSSR count). The van der Waals surface area contributed by atoms with Crippen LogP contribution in [0.3, 0.4) is 0 Å². The van der Waals surface area contributed by atoms with Crippen molar-refractivity contribution in [2.45, 2.75) is 57.8 Å². The summed E-state index contributed by atoms with van der Waals surface area (Å²) in [5.74, 6) is 0.756. The lowest BCUT2D eigenvalue weighted by Gasteiger charge is -2.33. The van der Waals surface area contributed by atoms with Crippen LogP contribution in [0.2, 0.25) is 25.2 Å². The van der Waals surface area contributed by atoms with Crippen molar-refractivity contribution >= 4 is 18.8 Å². The molecule has 0 N–H and O–H groups in total. The van der Waals surface area contributed by atoms with E-state index in [-0.39, 0.29) is 0 Å². The number of rotatable bonds is 2. The van der Waals surface area contributed by atoms with Gasteiger partial charge in [-0.3, -0.25) is 0 Å². The van der Waals surface area contributed by atoms with Gasteiger partial charge in [0.2, 0.25) is 5.69 Å². The second-order valence-corrected chi connectivity index (χ2v) is 14.6. The molecule has 2 aromatic carbocycles. The van der Waals surface area contributed by atoms with Gasteiger partial charge in [0.25, 0.3) is 0 Å². The third kappa shape index (κ3) is 3.48. The van der Waals surface area contributed by atoms with Gasteiger partial charge in [-0.05, 0) is 54.3 Å². The topological polar surface area (TPSA) is 3.88 Å². The minimum absolute atomic E-state index is 0.756. The summed E-state index contributed by atoms with van der Waals surface area (Å²) in [6.45, 7) is 9.55. The van der Waals surface area contributed by atoms with Gasteiger partial charge in [-0.1, -0.05) is 55.5 Å². The van der Waals surface area contributed by atoms with Gasteiger partial charge in [0.15, 0.2) is 5.69 Å². The van der Waals surface area contributed by atoms with Gasteiger partial charge in [0.1, 0.15) is 7.05 Å². The second kappa shape index (κ2) is 6.90. The summed E-state index contributed by atoms with van der Waals surface area (Å²) in [6.07, 6.45) is 2.77. The van der Waals surface area contributed by atoms with Crippen molar-refractivity contribution in [3.63, 3.8) is 0 Å². The van der Waals surface area contributed by atoms with Gasteiger partial charge in [0.05, 0.1) is 5.39 Å². The summed E-state index contributed by atoms with van der Waals surface area (Å²) in [5, 5.41) is 2.76. The fourth-order valence-electron chi connectivity index (χ4n) is 4.75. The van der Waals surface area contributed by atoms with Gasteiger partial charge in [-0.15, -0.1) is 0 Å². The summed E-state index contributed by atoms with van der Waals surface area (Å²) in [6, 6.07) is 21.3. The summed E-state index contributed by atoms with van der Waals surface area (Å²) < 4.78 is 2.35. The fourth-order valence-corrected chi connectivity index (χ4v) is 7.26. The Kier molecular flexibility index (Phi) is 4.71. The van der Waals surface area contributed by atoms with E-state index in [9.17, 15) is 0 Å². The first kappa shape index (κ1) is 18.4. The van der Waals surface area contributed by atoms with Crippen molar-refractivity contribution in [3.8, 4) is 11.3 Å². The van der Waals surface area contributed by atoms with E-state index in [0.29, 0.717) is 0 Å². The van der Waals surface area contributed by atoms with Crippen molar-refractivity contribution in [2.75, 3.05) is 0 Å². The Hall–Kier alpha value is -1.93. The standard InChI is InChI=1S/C25H32NSi/c1-18-8-6-7-9-23(18)25-24-11-10-21(17-22(24)16-19(2)26(25)3)20-12-14-27(4,5)15-13-20/h6-11,16-17,20H,12-15H2,1-5H3/q+1. The van der Waals surface area contributed by atoms with Crippen molar-refractivity contribution < 1.29 is 4.57 Å². The van der Waals surface area contributed by atoms with Crippen LogP contribution in [0.15, 0.2) is 48.5 Å². The van der Waals surface area contributed by atoms with Crippen molar-refractivity contribution in [1.29, 1.82) is 0 Å². The molecule has 1 aromatic heterocycles. The van der Waals surface area contributed by atoms with Gasteiger partial charge in [-0.25, -0.2) is 0 Å². The van der Waals surface area contributed by atoms with Crippen molar-refractivity contribution in [2.24, 2.45) is 7.05 Å². The molecule has 0 radical (unpaired) electrons. The normalized spacial score (nSPS) is 17.4. The van der Waals surface area contributed by atoms with E-state index in [2.05, 4.69) is 87.1 Å². The fraction of sp³-hybridized carbons (Fsp3) is 0.400. The SMILES string of the molecule is Cc1ccccc1-c1c2ccc(C3CC[Si](C)(C)CC3)cc2cc(C)[n+]1C. The maximum absolute atomic E-state index is 2.56. The van der Waals surface area contributed by atoms with Gasteiger partial charge >= 0.3 is 0 Å². The lowest BCUT2D eigenvalue weighted by Crippen LogP contribution is -2.35. The molecule has 140 valence electrons. The Morgan fingerprint density at radius 3 is 2.33 bits per heavy atom. The van der Waals surface area contributed by atoms with E-state index >= 15 is 0 Å². The van der Waals surface area contributed by atoms with Crippen LogP contribution in [-0.2, 0) is 7.05 Å². The average molecular weight is 375 g/mol. The number of fused-ring (bicyclic) bond motifs is 1. The molecule has 1 fully saturated rings. The molecule has 2 heterocycles. The molecule has 1 aliphatic heterocycles. The first-order valence-corrected chi connectivity index (χ1v) is 13.8. The number of nitrogens with zero attached hydrogens (tertiary/aromatic N) is 1. The molecule has 0 atom stereocenters. The van der Waals surface area contributed by atoms with Crippen LogP contribution in [0, 0.1) is 13.8 Å². The predicted molar refractivity (Wildman–Crippen MR) is 119 cm³/mol. The van der Waals surface area contributed by atoms with Crippen LogP contribution < -0.4 is 4.57 Å². The predicted octanol–water partition coefficient (Wildman–Crippen LogP) is 6.53. The molecule has 0 amide bonds. The zero-order chi connectivity index (χ0) is 19.2. The molecule has 3 aromatic rings. The molecule has 0 aliphatic carbocycles. The molecule has 2 heteroatoms. The zero-order valence-electron chi connectivity index (χ0n) is 17.5. The van der Waals surface area contributed by atoms with Crippen LogP contribution in [-0.4, -0.2) is 8.07 Å². The smallest absolute Gasteiger partial charge is 0.198 e. The highest BCUT2D eigenvalue weighted by Crippen LogP contribution is 2.39. The third-order valence-corrected chi connectivity index (χ3v) is 10.1. The Balaban J connectivity index is 1.82. The Morgan fingerprint density at radius 2 is 1.63 bits per heavy atom. The van der Waals surface area contributed by atoms with E-state index in [1.807, 2.05) is 0 Å². The second-order valence-electron chi connectivity index (χ2n) is 9.29. The van der Waals surface area contributed by atoms with Gasteiger partial charge in [-0.2, -0.15) is 4.57 Å². The third-order valence-electron chi connectivity index (χ3n) is 6.77. The largest absolute Gasteiger partial charge is 0.220 e. The molecular formula is C25H32NSi+. The van der Waals surface area contributed by atoms with E-state index in [0.717, 1.165) is 5.92 Å². The number of hydrogen-bond acceptors (Lipinski definition) is 0. The summed E-state index contributed by atoms with van der Waals surface area (Å²) >= 11 is 0. The Morgan fingerprint density at radius 1 is 0.926 bits per heavy atom.